The maximum absolute atomic E-state index is 8.75. The van der Waals surface area contributed by atoms with Crippen molar-refractivity contribution in [3.63, 3.8) is 0 Å². The Balaban J connectivity index is 2.72. The normalized spacial score (nSPS) is 12.7. The topological polar surface area (TPSA) is 20.2 Å². The number of hydrogen-bond acceptors (Lipinski definition) is 1. The molecule has 0 heterocycles. The first-order valence-corrected chi connectivity index (χ1v) is 20.6. The fourth-order valence-electron chi connectivity index (χ4n) is 1.42. The van der Waals surface area contributed by atoms with E-state index in [0.717, 1.165) is 0 Å². The fourth-order valence-corrected chi connectivity index (χ4v) is 8.70. The maximum atomic E-state index is 8.75. The van der Waals surface area contributed by atoms with Crippen molar-refractivity contribution in [1.82, 2.24) is 0 Å². The minimum atomic E-state index is -0.786. The van der Waals surface area contributed by atoms with Crippen molar-refractivity contribution in [3.8, 4) is 0 Å². The van der Waals surface area contributed by atoms with E-state index in [4.69, 9.17) is 5.11 Å². The van der Waals surface area contributed by atoms with Crippen LogP contribution in [0.2, 0.25) is 3.93 Å². The molecule has 0 aliphatic carbocycles. The minimum absolute atomic E-state index is 0.141. The van der Waals surface area contributed by atoms with Gasteiger partial charge < -0.3 is 0 Å². The van der Waals surface area contributed by atoms with Crippen LogP contribution in [-0.4, -0.2) is 11.7 Å². The van der Waals surface area contributed by atoms with E-state index in [0.29, 0.717) is 5.92 Å². The summed E-state index contributed by atoms with van der Waals surface area (Å²) in [5, 5.41) is 8.75. The molecule has 1 atom stereocenters. The van der Waals surface area contributed by atoms with E-state index in [1.807, 2.05) is 12.1 Å². The molecule has 14 heavy (non-hydrogen) atoms. The molecule has 0 amide bonds. The summed E-state index contributed by atoms with van der Waals surface area (Å²) in [4.78, 5) is 0. The van der Waals surface area contributed by atoms with Gasteiger partial charge in [-0.3, -0.25) is 0 Å². The van der Waals surface area contributed by atoms with Crippen molar-refractivity contribution >= 4 is 11.9 Å². The zero-order valence-electron chi connectivity index (χ0n) is 8.07. The van der Waals surface area contributed by atoms with Crippen LogP contribution in [0.4, 0.5) is 0 Å². The van der Waals surface area contributed by atoms with Crippen LogP contribution in [0.15, 0.2) is 42.5 Å². The second-order valence-electron chi connectivity index (χ2n) is 3.11. The molecule has 1 unspecified atom stereocenters. The molecule has 0 bridgehead atoms. The van der Waals surface area contributed by atoms with Crippen molar-refractivity contribution in [2.75, 3.05) is 6.61 Å². The molecule has 0 aliphatic heterocycles. The van der Waals surface area contributed by atoms with Crippen LogP contribution >= 0.6 is 11.9 Å². The quantitative estimate of drug-likeness (QED) is 0.550. The Hall–Kier alpha value is 0.335. The summed E-state index contributed by atoms with van der Waals surface area (Å²) in [5.74, 6) is 0.504. The summed E-state index contributed by atoms with van der Waals surface area (Å²) in [6.45, 7) is 0.141. The van der Waals surface area contributed by atoms with E-state index in [1.54, 1.807) is 0 Å². The first-order valence-electron chi connectivity index (χ1n) is 4.77. The number of benzene rings is 1. The van der Waals surface area contributed by atoms with Crippen LogP contribution in [0.3, 0.4) is 0 Å². The number of rotatable bonds is 5. The zero-order chi connectivity index (χ0) is 10.2. The average Bonchev–Trinajstić information content (AvgIpc) is 2.25. The summed E-state index contributed by atoms with van der Waals surface area (Å²) in [6.07, 6.45) is 3.96. The molecule has 1 N–H and O–H groups in total. The molecule has 0 spiro atoms. The summed E-state index contributed by atoms with van der Waals surface area (Å²) in [6, 6.07) is 10.5. The van der Waals surface area contributed by atoms with Crippen LogP contribution in [0, 0.1) is 0 Å². The average molecular weight is 442 g/mol. The van der Waals surface area contributed by atoms with Gasteiger partial charge in [-0.15, -0.1) is 0 Å². The summed E-state index contributed by atoms with van der Waals surface area (Å²) in [7, 11) is 0. The molecule has 0 fully saturated rings. The zero-order valence-corrected chi connectivity index (χ0v) is 15.1. The van der Waals surface area contributed by atoms with Crippen molar-refractivity contribution in [2.24, 2.45) is 0 Å². The second-order valence-corrected chi connectivity index (χ2v) is 13.8. The summed E-state index contributed by atoms with van der Waals surface area (Å²) >= 11 is 2.88. The fraction of sp³-hybridized carbons (Fsp3) is 0.273. The van der Waals surface area contributed by atoms with Gasteiger partial charge in [0.05, 0.1) is 0 Å². The van der Waals surface area contributed by atoms with E-state index < -0.39 is 22.1 Å². The number of hydrogen-bond donors (Lipinski definition) is 1. The Morgan fingerprint density at radius 1 is 1.36 bits per heavy atom. The molecule has 0 aliphatic rings. The Morgan fingerprint density at radius 3 is 2.64 bits per heavy atom. The van der Waals surface area contributed by atoms with E-state index in [9.17, 15) is 0 Å². The van der Waals surface area contributed by atoms with Gasteiger partial charge in [-0.05, 0) is 0 Å². The van der Waals surface area contributed by atoms with Gasteiger partial charge in [0.25, 0.3) is 0 Å². The molecule has 0 radical (unpaired) electrons. The summed E-state index contributed by atoms with van der Waals surface area (Å²) in [5.41, 5.74) is 1.36. The molecule has 3 heteroatoms. The van der Waals surface area contributed by atoms with Gasteiger partial charge in [0.1, 0.15) is 0 Å². The third-order valence-electron chi connectivity index (χ3n) is 2.12. The molecule has 1 rings (SSSR count). The summed E-state index contributed by atoms with van der Waals surface area (Å²) < 4.78 is 1.28. The van der Waals surface area contributed by atoms with Crippen LogP contribution in [-0.2, 0) is 22.1 Å². The van der Waals surface area contributed by atoms with Crippen molar-refractivity contribution in [1.29, 1.82) is 0 Å². The second kappa shape index (κ2) is 7.60. The van der Waals surface area contributed by atoms with E-state index in [2.05, 4.69) is 42.2 Å². The molecule has 1 aromatic rings. The van der Waals surface area contributed by atoms with Gasteiger partial charge in [0.2, 0.25) is 0 Å². The van der Waals surface area contributed by atoms with Gasteiger partial charge in [0.15, 0.2) is 0 Å². The monoisotopic (exact) mass is 442 g/mol. The number of aliphatic hydroxyl groups is 1. The standard InChI is InChI=1S/C11H13O.BrH.Hg/c1-10(6-5-9-12)11-7-3-2-4-8-11;;/h2-8,10,12H,1,9H2;1H;/q;;+1/p-1/b6-5-;;. The third-order valence-corrected chi connectivity index (χ3v) is 9.41. The Morgan fingerprint density at radius 2 is 2.07 bits per heavy atom. The molecule has 0 aromatic heterocycles. The molecule has 0 saturated heterocycles. The van der Waals surface area contributed by atoms with Crippen LogP contribution in [0.5, 0.6) is 0 Å². The Bertz CT molecular complexity index is 274. The molecule has 1 aromatic carbocycles. The van der Waals surface area contributed by atoms with E-state index >= 15 is 0 Å². The van der Waals surface area contributed by atoms with Crippen LogP contribution < -0.4 is 0 Å². The van der Waals surface area contributed by atoms with Crippen molar-refractivity contribution in [2.45, 2.75) is 9.85 Å². The Kier molecular flexibility index (Phi) is 6.74. The third kappa shape index (κ3) is 4.24. The van der Waals surface area contributed by atoms with Crippen LogP contribution in [0.25, 0.3) is 0 Å². The SMILES string of the molecule is OC/C=C\C([CH2][Hg][Br])c1ccccc1. The molecule has 0 saturated carbocycles. The van der Waals surface area contributed by atoms with E-state index in [-0.39, 0.29) is 6.61 Å². The number of halogens is 1. The number of allylic oxidation sites excluding steroid dienone is 1. The van der Waals surface area contributed by atoms with Crippen molar-refractivity contribution < 1.29 is 27.3 Å². The van der Waals surface area contributed by atoms with Crippen LogP contribution in [0.1, 0.15) is 11.5 Å². The van der Waals surface area contributed by atoms with Gasteiger partial charge in [-0.25, -0.2) is 0 Å². The predicted octanol–water partition coefficient (Wildman–Crippen LogP) is 3.13. The molecule has 72 valence electrons. The van der Waals surface area contributed by atoms with Gasteiger partial charge in [0, 0.05) is 0 Å². The van der Waals surface area contributed by atoms with Gasteiger partial charge in [-0.2, -0.15) is 0 Å². The first-order chi connectivity index (χ1) is 6.88. The van der Waals surface area contributed by atoms with Crippen molar-refractivity contribution in [3.05, 3.63) is 48.0 Å². The predicted molar refractivity (Wildman–Crippen MR) is 59.1 cm³/mol. The first kappa shape index (κ1) is 12.4. The molecular formula is C11H13BrHgO. The molecule has 1 nitrogen and oxygen atoms in total. The van der Waals surface area contributed by atoms with Gasteiger partial charge in [-0.1, -0.05) is 0 Å². The number of aliphatic hydroxyl groups excluding tert-OH is 1. The Labute approximate surface area is 103 Å². The molecular weight excluding hydrogens is 429 g/mol. The van der Waals surface area contributed by atoms with Gasteiger partial charge >= 0.3 is 104 Å². The van der Waals surface area contributed by atoms with E-state index in [1.165, 1.54) is 9.49 Å².